The Kier molecular flexibility index (Phi) is 6.52. The predicted molar refractivity (Wildman–Crippen MR) is 451 cm³/mol. The molecule has 3 aromatic heterocycles. The Balaban J connectivity index is 0.00000569. The Morgan fingerprint density at radius 1 is 0.518 bits per heavy atom. The summed E-state index contributed by atoms with van der Waals surface area (Å²) < 4.78 is 5.22. The zero-order valence-corrected chi connectivity index (χ0v) is 64.3. The Labute approximate surface area is 639 Å². The van der Waals surface area contributed by atoms with Crippen molar-refractivity contribution >= 4 is 316 Å². The molecular formula is C103H45N5O3Zn. The number of fused-ring (bicyclic) bond motifs is 8. The van der Waals surface area contributed by atoms with Gasteiger partial charge in [-0.1, -0.05) is 79.6 Å². The Morgan fingerprint density at radius 3 is 1.41 bits per heavy atom. The predicted octanol–water partition coefficient (Wildman–Crippen LogP) is 23.8. The van der Waals surface area contributed by atoms with Crippen LogP contribution in [-0.4, -0.2) is 47.3 Å². The fourth-order valence-corrected chi connectivity index (χ4v) is 33.7. The van der Waals surface area contributed by atoms with Gasteiger partial charge in [0.2, 0.25) is 0 Å². The number of ketones is 1. The summed E-state index contributed by atoms with van der Waals surface area (Å²) in [6.45, 7) is 11.8. The number of likely N-dealkylation sites (N-methyl/N-ethyl adjacent to an activating group) is 1. The van der Waals surface area contributed by atoms with Gasteiger partial charge in [-0.25, -0.2) is 4.98 Å². The van der Waals surface area contributed by atoms with E-state index in [0.717, 1.165) is 91.2 Å². The molecule has 9 heteroatoms. The van der Waals surface area contributed by atoms with E-state index in [1.807, 2.05) is 6.92 Å². The molecular weight excluding hydrogens is 1420 g/mol. The summed E-state index contributed by atoms with van der Waals surface area (Å²) >= 11 is 0. The molecule has 8 bridgehead atoms. The first-order valence-electron chi connectivity index (χ1n) is 41.0. The van der Waals surface area contributed by atoms with Gasteiger partial charge >= 0.3 is 25.4 Å². The van der Waals surface area contributed by atoms with Crippen molar-refractivity contribution in [1.82, 2.24) is 24.8 Å². The van der Waals surface area contributed by atoms with E-state index >= 15 is 0 Å². The van der Waals surface area contributed by atoms with E-state index in [1.54, 1.807) is 303 Å². The number of ether oxygens (including phenoxy) is 1. The quantitative estimate of drug-likeness (QED) is 0.0884. The van der Waals surface area contributed by atoms with Gasteiger partial charge in [-0.05, 0) is 377 Å². The average molecular weight is 1470 g/mol. The van der Waals surface area contributed by atoms with Crippen LogP contribution in [0.15, 0.2) is 42.5 Å². The second-order valence-corrected chi connectivity index (χ2v) is 38.2. The maximum absolute atomic E-state index is 14.2. The summed E-state index contributed by atoms with van der Waals surface area (Å²) in [7, 11) is 4.03. The minimum absolute atomic E-state index is 0. The van der Waals surface area contributed by atoms with E-state index in [2.05, 4.69) is 94.3 Å². The molecule has 1 fully saturated rings. The van der Waals surface area contributed by atoms with Crippen molar-refractivity contribution < 1.29 is 33.8 Å². The van der Waals surface area contributed by atoms with Crippen LogP contribution in [0.1, 0.15) is 181 Å². The number of carbonyl (C=O) groups excluding carboxylic acids is 2. The third-order valence-electron chi connectivity index (χ3n) is 36.0. The van der Waals surface area contributed by atoms with Crippen molar-refractivity contribution in [3.05, 3.63) is 149 Å². The van der Waals surface area contributed by atoms with Gasteiger partial charge < -0.3 is 14.7 Å². The second kappa shape index (κ2) is 13.9. The smallest absolute Gasteiger partial charge is 0.657 e. The van der Waals surface area contributed by atoms with Gasteiger partial charge in [0, 0.05) is 66.1 Å². The summed E-state index contributed by atoms with van der Waals surface area (Å²) in [5, 5.41) is 79.7. The summed E-state index contributed by atoms with van der Waals surface area (Å²) in [6, 6.07) is 16.6. The van der Waals surface area contributed by atoms with E-state index in [9.17, 15) is 9.59 Å². The number of esters is 1. The first kappa shape index (κ1) is 52.4. The van der Waals surface area contributed by atoms with Gasteiger partial charge in [0.15, 0.2) is 5.78 Å². The molecule has 40 rings (SSSR count). The SMILES string of the molecule is CCC1=C(C)c2cc3[n-]c(cc4nc(c5c6[n-]c(cc1n2)c(C)c6C(=O)C5)[C@@H](CCC(=O)OC)[C@@H]4C)c(C)c3/C=C/c1ccc(C2N(C)CC34c5c6c7c8c9c%10c%11c%12c%13c%14c%15c%16c(c7c7c5c5c%17c%18c%19c(c%20c%21c3c6c9c3c%21c6c%20c9c%19c%19c%20c%18c%18c5c7c%16c5c%15c7c%13c%13c%15c%12c(c%103)c6c%15c9c%19c%13c7c%20c5%18)C%1724)C8C%11%14)cc1.[Zn+2]. The fraction of sp³-hybridized carbons (Fsp3) is 0.184. The Morgan fingerprint density at radius 2 is 0.938 bits per heavy atom. The van der Waals surface area contributed by atoms with E-state index in [4.69, 9.17) is 24.7 Å². The molecule has 2 spiro atoms. The normalized spacial score (nSPS) is 23.4. The molecule has 0 amide bonds. The number of Topliss-reactive ketones (excluding diaryl/α,β-unsaturated/α-hetero) is 1. The first-order valence-corrected chi connectivity index (χ1v) is 41.0. The molecule has 12 aliphatic rings. The summed E-state index contributed by atoms with van der Waals surface area (Å²) in [6.07, 6.45) is 6.47. The summed E-state index contributed by atoms with van der Waals surface area (Å²) in [5.74, 6) is 0.274. The molecule has 112 heavy (non-hydrogen) atoms. The monoisotopic (exact) mass is 1460 g/mol. The average Bonchev–Trinajstić information content (AvgIpc) is 1.38. The maximum Gasteiger partial charge on any atom is 2.00 e. The second-order valence-electron chi connectivity index (χ2n) is 38.2. The van der Waals surface area contributed by atoms with E-state index in [1.165, 1.54) is 18.2 Å². The third kappa shape index (κ3) is 3.77. The van der Waals surface area contributed by atoms with Crippen molar-refractivity contribution in [3.63, 3.8) is 0 Å². The number of likely N-dealkylation sites (tertiary alicyclic amines) is 1. The number of hydrogen-bond donors (Lipinski definition) is 0. The Hall–Kier alpha value is -11.7. The van der Waals surface area contributed by atoms with Gasteiger partial charge in [0.25, 0.3) is 0 Å². The molecule has 8 nitrogen and oxygen atoms in total. The molecule has 28 aromatic rings. The molecule has 5 unspecified atom stereocenters. The van der Waals surface area contributed by atoms with Crippen LogP contribution >= 0.6 is 0 Å². The van der Waals surface area contributed by atoms with E-state index < -0.39 is 5.41 Å². The van der Waals surface area contributed by atoms with Crippen LogP contribution in [0, 0.1) is 13.8 Å². The van der Waals surface area contributed by atoms with Crippen LogP contribution in [0.3, 0.4) is 0 Å². The number of aryl methyl sites for hydroxylation is 2. The number of rotatable bonds is 7. The van der Waals surface area contributed by atoms with Gasteiger partial charge in [0.1, 0.15) is 0 Å². The Bertz CT molecular complexity index is 10200. The van der Waals surface area contributed by atoms with Crippen LogP contribution in [0.25, 0.3) is 304 Å². The number of allylic oxidation sites excluding steroid dienone is 2. The number of methoxy groups -OCH3 is 1. The number of hydrogen-bond acceptors (Lipinski definition) is 6. The minimum atomic E-state index is -0.448. The van der Waals surface area contributed by atoms with E-state index in [0.29, 0.717) is 23.8 Å². The molecule has 6 heterocycles. The molecule has 3 aliphatic heterocycles. The minimum Gasteiger partial charge on any atom is -0.657 e. The molecule has 0 saturated carbocycles. The van der Waals surface area contributed by atoms with Gasteiger partial charge in [-0.3, -0.25) is 19.5 Å². The number of benzene rings is 17. The maximum atomic E-state index is 14.2. The van der Waals surface area contributed by atoms with Crippen LogP contribution in [0.5, 0.6) is 0 Å². The molecule has 25 aromatic carbocycles. The van der Waals surface area contributed by atoms with Gasteiger partial charge in [0.05, 0.1) is 29.3 Å². The zero-order valence-electron chi connectivity index (χ0n) is 61.3. The molecule has 0 N–H and O–H groups in total. The first-order chi connectivity index (χ1) is 54.5. The fourth-order valence-electron chi connectivity index (χ4n) is 33.7. The molecule has 502 valence electrons. The van der Waals surface area contributed by atoms with E-state index in [-0.39, 0.29) is 67.4 Å². The van der Waals surface area contributed by atoms with Crippen molar-refractivity contribution in [2.75, 3.05) is 20.7 Å². The van der Waals surface area contributed by atoms with Crippen LogP contribution in [0.4, 0.5) is 0 Å². The number of carbonyl (C=O) groups is 2. The van der Waals surface area contributed by atoms with Gasteiger partial charge in [-0.2, -0.15) is 0 Å². The molecule has 7 atom stereocenters. The molecule has 9 aliphatic carbocycles. The largest absolute Gasteiger partial charge is 2.00 e. The summed E-state index contributed by atoms with van der Waals surface area (Å²) in [5.41, 5.74) is 29.3. The number of nitrogens with zero attached hydrogens (tertiary/aromatic N) is 5. The molecule has 0 radical (unpaired) electrons. The summed E-state index contributed by atoms with van der Waals surface area (Å²) in [4.78, 5) is 51.8. The van der Waals surface area contributed by atoms with Crippen molar-refractivity contribution in [3.8, 4) is 0 Å². The van der Waals surface area contributed by atoms with Crippen LogP contribution in [0.2, 0.25) is 0 Å². The van der Waals surface area contributed by atoms with Crippen LogP contribution < -0.4 is 9.97 Å². The zero-order chi connectivity index (χ0) is 70.2. The van der Waals surface area contributed by atoms with Gasteiger partial charge in [-0.15, -0.1) is 22.1 Å². The number of aromatic nitrogens is 4. The van der Waals surface area contributed by atoms with Crippen molar-refractivity contribution in [2.24, 2.45) is 0 Å². The van der Waals surface area contributed by atoms with Crippen molar-refractivity contribution in [2.45, 2.75) is 101 Å². The molecule has 1 saturated heterocycles. The van der Waals surface area contributed by atoms with Crippen molar-refractivity contribution in [1.29, 1.82) is 0 Å². The topological polar surface area (TPSA) is 101 Å². The third-order valence-corrected chi connectivity index (χ3v) is 36.0. The standard InChI is InChI=1S/C103H46N5O3.Zn/c1-8-28-22(2)33-19-37-29(23(3)32(105-37)18-34-24(4)30(15-16-39(110)111-7)99(106-34)31-17-38(109)40-25(5)35(107-100(31)40)20-36(28)104-33)14-11-26-9-12-27(13-10-26)101-103-97-91-85-75-63-55-47-43-41-42-45-49(47)57(63)67-61-53(45)54-46(42)50-48-44(41)52-51(43)59-65(55)73-79-69(59)70-60(52)66-56(48)64-58(50)68-62(54)72-71(61)83(77(67)85)93(97)94-84(72)78(68)86-76(64)82-74(66)80(70)88-87(79)95(89(91)81(73)75)102(103,21-108(101)6)96(88)90(82)92(86)98(94)103;/h9-14,18-20,24,30,51,59,101H,8,15-17,21H2,1-7H3,(H-,104,105,106,107,109);/q-1;+2/p-1/b14-11+;/t24-,30-,51?,59?,101?,102?,103?;/m0./s1. The van der Waals surface area contributed by atoms with Crippen LogP contribution in [-0.2, 0) is 46.3 Å².